The van der Waals surface area contributed by atoms with Gasteiger partial charge < -0.3 is 9.84 Å². The molecule has 2 rings (SSSR count). The summed E-state index contributed by atoms with van der Waals surface area (Å²) in [6.07, 6.45) is 1.27. The number of carbonyl (C=O) groups is 1. The second-order valence-corrected chi connectivity index (χ2v) is 8.72. The van der Waals surface area contributed by atoms with Gasteiger partial charge in [0.1, 0.15) is 0 Å². The van der Waals surface area contributed by atoms with E-state index in [1.807, 2.05) is 20.8 Å². The van der Waals surface area contributed by atoms with Gasteiger partial charge in [-0.25, -0.2) is 13.6 Å². The fourth-order valence-corrected chi connectivity index (χ4v) is 3.08. The smallest absolute Gasteiger partial charge is 0.238 e. The number of sulfonamides is 1. The molecule has 0 spiro atoms. The third-order valence-electron chi connectivity index (χ3n) is 3.71. The molecule has 8 nitrogen and oxygen atoms in total. The van der Waals surface area contributed by atoms with Crippen LogP contribution in [0.2, 0.25) is 0 Å². The maximum Gasteiger partial charge on any atom is 0.238 e. The molecule has 0 fully saturated rings. The zero-order chi connectivity index (χ0) is 19.5. The molecular formula is C17H24N4O4S. The Hall–Kier alpha value is -2.26. The normalized spacial score (nSPS) is 12.2. The van der Waals surface area contributed by atoms with Crippen molar-refractivity contribution in [2.75, 3.05) is 5.32 Å². The fourth-order valence-electron chi connectivity index (χ4n) is 2.27. The topological polar surface area (TPSA) is 128 Å². The van der Waals surface area contributed by atoms with E-state index in [2.05, 4.69) is 15.5 Å². The van der Waals surface area contributed by atoms with E-state index in [0.29, 0.717) is 35.8 Å². The number of carbonyl (C=O) groups excluding carboxylic acids is 1. The van der Waals surface area contributed by atoms with E-state index in [0.717, 1.165) is 0 Å². The molecule has 1 amide bonds. The SMILES string of the molecule is Cc1ccc(NC(=O)CCCc2nc(C(C)(C)C)no2)cc1S(N)(=O)=O. The highest BCUT2D eigenvalue weighted by Gasteiger charge is 2.20. The number of rotatable bonds is 6. The number of hydrogen-bond donors (Lipinski definition) is 2. The van der Waals surface area contributed by atoms with Crippen molar-refractivity contribution in [2.24, 2.45) is 5.14 Å². The minimum Gasteiger partial charge on any atom is -0.339 e. The van der Waals surface area contributed by atoms with Crippen LogP contribution >= 0.6 is 0 Å². The van der Waals surface area contributed by atoms with E-state index >= 15 is 0 Å². The fraction of sp³-hybridized carbons (Fsp3) is 0.471. The predicted molar refractivity (Wildman–Crippen MR) is 97.1 cm³/mol. The highest BCUT2D eigenvalue weighted by molar-refractivity contribution is 7.89. The lowest BCUT2D eigenvalue weighted by Crippen LogP contribution is -2.16. The molecule has 0 saturated heterocycles. The first-order chi connectivity index (χ1) is 12.0. The first-order valence-electron chi connectivity index (χ1n) is 8.23. The lowest BCUT2D eigenvalue weighted by molar-refractivity contribution is -0.116. The minimum atomic E-state index is -3.83. The number of primary sulfonamides is 1. The summed E-state index contributed by atoms with van der Waals surface area (Å²) in [5, 5.41) is 11.8. The van der Waals surface area contributed by atoms with Gasteiger partial charge in [-0.2, -0.15) is 4.98 Å². The van der Waals surface area contributed by atoms with Gasteiger partial charge in [0, 0.05) is 23.9 Å². The van der Waals surface area contributed by atoms with Crippen molar-refractivity contribution in [3.05, 3.63) is 35.5 Å². The van der Waals surface area contributed by atoms with E-state index in [-0.39, 0.29) is 22.6 Å². The van der Waals surface area contributed by atoms with Crippen molar-refractivity contribution in [3.8, 4) is 0 Å². The van der Waals surface area contributed by atoms with Crippen molar-refractivity contribution in [3.63, 3.8) is 0 Å². The highest BCUT2D eigenvalue weighted by atomic mass is 32.2. The molecule has 0 saturated carbocycles. The molecule has 26 heavy (non-hydrogen) atoms. The van der Waals surface area contributed by atoms with Crippen LogP contribution in [0.3, 0.4) is 0 Å². The Morgan fingerprint density at radius 1 is 1.31 bits per heavy atom. The average Bonchev–Trinajstić information content (AvgIpc) is 2.97. The maximum absolute atomic E-state index is 12.1. The zero-order valence-electron chi connectivity index (χ0n) is 15.4. The third kappa shape index (κ3) is 5.37. The van der Waals surface area contributed by atoms with Gasteiger partial charge in [0.05, 0.1) is 4.90 Å². The number of amides is 1. The summed E-state index contributed by atoms with van der Waals surface area (Å²) >= 11 is 0. The van der Waals surface area contributed by atoms with Crippen molar-refractivity contribution in [1.82, 2.24) is 10.1 Å². The van der Waals surface area contributed by atoms with Gasteiger partial charge in [0.2, 0.25) is 21.8 Å². The molecule has 1 heterocycles. The summed E-state index contributed by atoms with van der Waals surface area (Å²) in [7, 11) is -3.83. The van der Waals surface area contributed by atoms with Crippen LogP contribution in [0.4, 0.5) is 5.69 Å². The van der Waals surface area contributed by atoms with Crippen molar-refractivity contribution in [2.45, 2.75) is 57.3 Å². The van der Waals surface area contributed by atoms with Gasteiger partial charge in [-0.1, -0.05) is 32.0 Å². The third-order valence-corrected chi connectivity index (χ3v) is 4.76. The van der Waals surface area contributed by atoms with Crippen LogP contribution in [0.5, 0.6) is 0 Å². The van der Waals surface area contributed by atoms with Crippen molar-refractivity contribution < 1.29 is 17.7 Å². The van der Waals surface area contributed by atoms with Crippen LogP contribution in [0.15, 0.2) is 27.6 Å². The number of benzene rings is 1. The number of aryl methyl sites for hydroxylation is 2. The van der Waals surface area contributed by atoms with Crippen LogP contribution in [0.25, 0.3) is 0 Å². The van der Waals surface area contributed by atoms with Crippen LogP contribution in [-0.4, -0.2) is 24.5 Å². The summed E-state index contributed by atoms with van der Waals surface area (Å²) in [4.78, 5) is 16.4. The van der Waals surface area contributed by atoms with Gasteiger partial charge in [-0.15, -0.1) is 0 Å². The molecule has 1 aromatic heterocycles. The predicted octanol–water partition coefficient (Wildman–Crippen LogP) is 2.28. The molecule has 0 radical (unpaired) electrons. The Kier molecular flexibility index (Phi) is 5.82. The lowest BCUT2D eigenvalue weighted by atomic mass is 9.96. The molecule has 0 atom stereocenters. The molecule has 1 aromatic carbocycles. The zero-order valence-corrected chi connectivity index (χ0v) is 16.2. The Labute approximate surface area is 153 Å². The first-order valence-corrected chi connectivity index (χ1v) is 9.78. The lowest BCUT2D eigenvalue weighted by Gasteiger charge is -2.10. The summed E-state index contributed by atoms with van der Waals surface area (Å²) in [5.74, 6) is 0.895. The molecule has 0 aliphatic carbocycles. The largest absolute Gasteiger partial charge is 0.339 e. The van der Waals surface area contributed by atoms with Gasteiger partial charge in [0.15, 0.2) is 5.82 Å². The number of hydrogen-bond acceptors (Lipinski definition) is 6. The summed E-state index contributed by atoms with van der Waals surface area (Å²) in [6.45, 7) is 7.62. The molecular weight excluding hydrogens is 356 g/mol. The number of aromatic nitrogens is 2. The molecule has 0 unspecified atom stereocenters. The molecule has 3 N–H and O–H groups in total. The standard InChI is InChI=1S/C17H24N4O4S/c1-11-8-9-12(10-13(11)26(18,23)24)19-14(22)6-5-7-15-20-16(21-25-15)17(2,3)4/h8-10H,5-7H2,1-4H3,(H,19,22)(H2,18,23,24). The molecule has 142 valence electrons. The summed E-state index contributed by atoms with van der Waals surface area (Å²) in [6, 6.07) is 4.59. The van der Waals surface area contributed by atoms with Gasteiger partial charge in [-0.05, 0) is 31.0 Å². The second-order valence-electron chi connectivity index (χ2n) is 7.19. The Morgan fingerprint density at radius 3 is 2.58 bits per heavy atom. The van der Waals surface area contributed by atoms with Gasteiger partial charge >= 0.3 is 0 Å². The monoisotopic (exact) mass is 380 g/mol. The second kappa shape index (κ2) is 7.55. The first kappa shape index (κ1) is 20.1. The molecule has 0 aliphatic rings. The summed E-state index contributed by atoms with van der Waals surface area (Å²) < 4.78 is 28.3. The van der Waals surface area contributed by atoms with Crippen LogP contribution < -0.4 is 10.5 Å². The van der Waals surface area contributed by atoms with E-state index < -0.39 is 10.0 Å². The summed E-state index contributed by atoms with van der Waals surface area (Å²) in [5.41, 5.74) is 0.722. The van der Waals surface area contributed by atoms with E-state index in [1.165, 1.54) is 6.07 Å². The molecule has 0 aliphatic heterocycles. The quantitative estimate of drug-likeness (QED) is 0.791. The number of anilines is 1. The van der Waals surface area contributed by atoms with Crippen LogP contribution in [0, 0.1) is 6.92 Å². The van der Waals surface area contributed by atoms with Crippen LogP contribution in [0.1, 0.15) is 50.9 Å². The highest BCUT2D eigenvalue weighted by Crippen LogP contribution is 2.20. The Morgan fingerprint density at radius 2 is 2.00 bits per heavy atom. The molecule has 0 bridgehead atoms. The van der Waals surface area contributed by atoms with E-state index in [9.17, 15) is 13.2 Å². The van der Waals surface area contributed by atoms with E-state index in [4.69, 9.17) is 9.66 Å². The Balaban J connectivity index is 1.91. The number of nitrogens with two attached hydrogens (primary N) is 1. The van der Waals surface area contributed by atoms with E-state index in [1.54, 1.807) is 19.1 Å². The number of nitrogens with one attached hydrogen (secondary N) is 1. The van der Waals surface area contributed by atoms with Gasteiger partial charge in [-0.3, -0.25) is 4.79 Å². The van der Waals surface area contributed by atoms with Crippen molar-refractivity contribution in [1.29, 1.82) is 0 Å². The molecule has 9 heteroatoms. The van der Waals surface area contributed by atoms with Crippen LogP contribution in [-0.2, 0) is 26.7 Å². The number of nitrogens with zero attached hydrogens (tertiary/aromatic N) is 2. The Bertz CT molecular complexity index is 898. The van der Waals surface area contributed by atoms with Crippen molar-refractivity contribution >= 4 is 21.6 Å². The molecule has 2 aromatic rings. The minimum absolute atomic E-state index is 0.00382. The van der Waals surface area contributed by atoms with Gasteiger partial charge in [0.25, 0.3) is 0 Å². The average molecular weight is 380 g/mol. The maximum atomic E-state index is 12.1.